The number of alkyl halides is 3. The Morgan fingerprint density at radius 2 is 1.83 bits per heavy atom. The Labute approximate surface area is 166 Å². The smallest absolute Gasteiger partial charge is 0.422 e. The van der Waals surface area contributed by atoms with Crippen LogP contribution in [0.2, 0.25) is 0 Å². The number of para-hydroxylation sites is 1. The first-order chi connectivity index (χ1) is 13.7. The fraction of sp³-hybridized carbons (Fsp3) is 0.238. The second kappa shape index (κ2) is 8.38. The van der Waals surface area contributed by atoms with Crippen LogP contribution >= 0.6 is 0 Å². The van der Waals surface area contributed by atoms with E-state index in [1.54, 1.807) is 23.7 Å². The molecule has 3 rings (SSSR count). The quantitative estimate of drug-likeness (QED) is 0.665. The van der Waals surface area contributed by atoms with Crippen molar-refractivity contribution in [1.82, 2.24) is 15.1 Å². The van der Waals surface area contributed by atoms with E-state index in [4.69, 9.17) is 4.74 Å². The fourth-order valence-electron chi connectivity index (χ4n) is 2.97. The Bertz CT molecular complexity index is 998. The zero-order valence-corrected chi connectivity index (χ0v) is 16.0. The van der Waals surface area contributed by atoms with Crippen molar-refractivity contribution in [2.75, 3.05) is 6.61 Å². The van der Waals surface area contributed by atoms with E-state index in [2.05, 4.69) is 10.4 Å². The lowest BCUT2D eigenvalue weighted by atomic mass is 10.1. The highest BCUT2D eigenvalue weighted by atomic mass is 19.4. The van der Waals surface area contributed by atoms with Crippen molar-refractivity contribution in [2.24, 2.45) is 0 Å². The highest BCUT2D eigenvalue weighted by Crippen LogP contribution is 2.20. The van der Waals surface area contributed by atoms with Gasteiger partial charge in [0.25, 0.3) is 5.91 Å². The first-order valence-electron chi connectivity index (χ1n) is 8.93. The molecule has 2 aromatic carbocycles. The monoisotopic (exact) mass is 403 g/mol. The number of carbonyl (C=O) groups excluding carboxylic acids is 1. The van der Waals surface area contributed by atoms with Crippen LogP contribution in [0.5, 0.6) is 5.75 Å². The van der Waals surface area contributed by atoms with E-state index in [9.17, 15) is 18.0 Å². The Hall–Kier alpha value is -3.29. The minimum absolute atomic E-state index is 0.0957. The normalized spacial score (nSPS) is 11.3. The summed E-state index contributed by atoms with van der Waals surface area (Å²) in [6, 6.07) is 15.7. The van der Waals surface area contributed by atoms with Crippen molar-refractivity contribution in [3.05, 3.63) is 77.1 Å². The standard InChI is InChI=1S/C21H20F3N3O2/c1-14-19(15(2)27(26-14)17-8-4-3-5-9-17)20(28)25-12-16-7-6-10-18(11-16)29-13-21(22,23)24/h3-11H,12-13H2,1-2H3,(H,25,28). The van der Waals surface area contributed by atoms with Gasteiger partial charge in [-0.05, 0) is 43.7 Å². The molecule has 1 N–H and O–H groups in total. The third-order valence-corrected chi connectivity index (χ3v) is 4.27. The number of nitrogens with one attached hydrogen (secondary N) is 1. The minimum Gasteiger partial charge on any atom is -0.484 e. The molecule has 0 spiro atoms. The molecular formula is C21H20F3N3O2. The number of benzene rings is 2. The molecule has 3 aromatic rings. The van der Waals surface area contributed by atoms with Gasteiger partial charge in [0.2, 0.25) is 0 Å². The molecule has 0 atom stereocenters. The number of aryl methyl sites for hydroxylation is 1. The molecule has 1 aromatic heterocycles. The number of nitrogens with zero attached hydrogens (tertiary/aromatic N) is 2. The number of amides is 1. The lowest BCUT2D eigenvalue weighted by Gasteiger charge is -2.11. The van der Waals surface area contributed by atoms with Crippen molar-refractivity contribution in [3.8, 4) is 11.4 Å². The van der Waals surface area contributed by atoms with E-state index < -0.39 is 12.8 Å². The second-order valence-corrected chi connectivity index (χ2v) is 6.53. The Morgan fingerprint density at radius 1 is 1.10 bits per heavy atom. The van der Waals surface area contributed by atoms with Crippen molar-refractivity contribution in [2.45, 2.75) is 26.6 Å². The number of hydrogen-bond donors (Lipinski definition) is 1. The van der Waals surface area contributed by atoms with Crippen LogP contribution in [-0.4, -0.2) is 28.5 Å². The summed E-state index contributed by atoms with van der Waals surface area (Å²) in [7, 11) is 0. The number of aromatic nitrogens is 2. The number of rotatable bonds is 6. The van der Waals surface area contributed by atoms with Gasteiger partial charge in [0.15, 0.2) is 6.61 Å². The summed E-state index contributed by atoms with van der Waals surface area (Å²) >= 11 is 0. The molecular weight excluding hydrogens is 383 g/mol. The number of halogens is 3. The molecule has 8 heteroatoms. The SMILES string of the molecule is Cc1nn(-c2ccccc2)c(C)c1C(=O)NCc1cccc(OCC(F)(F)F)c1. The summed E-state index contributed by atoms with van der Waals surface area (Å²) in [5.41, 5.74) is 3.24. The molecule has 5 nitrogen and oxygen atoms in total. The van der Waals surface area contributed by atoms with Crippen LogP contribution in [0.1, 0.15) is 27.3 Å². The average Bonchev–Trinajstić information content (AvgIpc) is 2.99. The molecule has 152 valence electrons. The van der Waals surface area contributed by atoms with Gasteiger partial charge < -0.3 is 10.1 Å². The van der Waals surface area contributed by atoms with E-state index in [1.165, 1.54) is 12.1 Å². The zero-order chi connectivity index (χ0) is 21.0. The van der Waals surface area contributed by atoms with Crippen molar-refractivity contribution in [1.29, 1.82) is 0 Å². The number of ether oxygens (including phenoxy) is 1. The molecule has 0 aliphatic carbocycles. The first kappa shape index (κ1) is 20.4. The molecule has 0 bridgehead atoms. The molecule has 1 heterocycles. The van der Waals surface area contributed by atoms with Gasteiger partial charge in [0, 0.05) is 6.54 Å². The highest BCUT2D eigenvalue weighted by Gasteiger charge is 2.28. The molecule has 0 saturated carbocycles. The van der Waals surface area contributed by atoms with Gasteiger partial charge in [-0.1, -0.05) is 30.3 Å². The molecule has 0 saturated heterocycles. The van der Waals surface area contributed by atoms with Crippen LogP contribution in [0.4, 0.5) is 13.2 Å². The minimum atomic E-state index is -4.40. The van der Waals surface area contributed by atoms with Crippen LogP contribution in [-0.2, 0) is 6.54 Å². The van der Waals surface area contributed by atoms with Crippen LogP contribution < -0.4 is 10.1 Å². The van der Waals surface area contributed by atoms with Gasteiger partial charge in [0.1, 0.15) is 5.75 Å². The second-order valence-electron chi connectivity index (χ2n) is 6.53. The van der Waals surface area contributed by atoms with Crippen molar-refractivity contribution >= 4 is 5.91 Å². The summed E-state index contributed by atoms with van der Waals surface area (Å²) in [6.45, 7) is 2.36. The molecule has 0 unspecified atom stereocenters. The summed E-state index contributed by atoms with van der Waals surface area (Å²) in [5, 5.41) is 7.24. The number of hydrogen-bond acceptors (Lipinski definition) is 3. The molecule has 0 aliphatic rings. The van der Waals surface area contributed by atoms with E-state index >= 15 is 0 Å². The predicted octanol–water partition coefficient (Wildman–Crippen LogP) is 4.36. The lowest BCUT2D eigenvalue weighted by molar-refractivity contribution is -0.153. The van der Waals surface area contributed by atoms with Crippen LogP contribution in [0.15, 0.2) is 54.6 Å². The third-order valence-electron chi connectivity index (χ3n) is 4.27. The first-order valence-corrected chi connectivity index (χ1v) is 8.93. The topological polar surface area (TPSA) is 56.2 Å². The van der Waals surface area contributed by atoms with E-state index in [0.717, 1.165) is 5.69 Å². The van der Waals surface area contributed by atoms with Gasteiger partial charge in [0.05, 0.1) is 22.6 Å². The zero-order valence-electron chi connectivity index (χ0n) is 16.0. The Kier molecular flexibility index (Phi) is 5.91. The van der Waals surface area contributed by atoms with Crippen molar-refractivity contribution in [3.63, 3.8) is 0 Å². The maximum Gasteiger partial charge on any atom is 0.422 e. The van der Waals surface area contributed by atoms with Gasteiger partial charge in [-0.2, -0.15) is 18.3 Å². The van der Waals surface area contributed by atoms with E-state index in [1.807, 2.05) is 37.3 Å². The fourth-order valence-corrected chi connectivity index (χ4v) is 2.97. The van der Waals surface area contributed by atoms with Crippen LogP contribution in [0, 0.1) is 13.8 Å². The molecule has 0 aliphatic heterocycles. The number of carbonyl (C=O) groups is 1. The Morgan fingerprint density at radius 3 is 2.52 bits per heavy atom. The molecule has 1 amide bonds. The average molecular weight is 403 g/mol. The maximum absolute atomic E-state index is 12.7. The summed E-state index contributed by atoms with van der Waals surface area (Å²) < 4.78 is 43.3. The molecule has 29 heavy (non-hydrogen) atoms. The van der Waals surface area contributed by atoms with Crippen LogP contribution in [0.3, 0.4) is 0 Å². The van der Waals surface area contributed by atoms with Crippen LogP contribution in [0.25, 0.3) is 5.69 Å². The molecule has 0 radical (unpaired) electrons. The third kappa shape index (κ3) is 5.16. The van der Waals surface area contributed by atoms with E-state index in [-0.39, 0.29) is 18.2 Å². The maximum atomic E-state index is 12.7. The largest absolute Gasteiger partial charge is 0.484 e. The van der Waals surface area contributed by atoms with Gasteiger partial charge >= 0.3 is 6.18 Å². The van der Waals surface area contributed by atoms with Crippen molar-refractivity contribution < 1.29 is 22.7 Å². The Balaban J connectivity index is 1.70. The summed E-state index contributed by atoms with van der Waals surface area (Å²) in [5.74, 6) is -0.206. The molecule has 0 fully saturated rings. The summed E-state index contributed by atoms with van der Waals surface area (Å²) in [6.07, 6.45) is -4.40. The van der Waals surface area contributed by atoms with Gasteiger partial charge in [-0.3, -0.25) is 4.79 Å². The van der Waals surface area contributed by atoms with E-state index in [0.29, 0.717) is 22.5 Å². The van der Waals surface area contributed by atoms with Gasteiger partial charge in [-0.25, -0.2) is 4.68 Å². The summed E-state index contributed by atoms with van der Waals surface area (Å²) in [4.78, 5) is 12.7. The lowest BCUT2D eigenvalue weighted by Crippen LogP contribution is -2.24. The van der Waals surface area contributed by atoms with Gasteiger partial charge in [-0.15, -0.1) is 0 Å². The predicted molar refractivity (Wildman–Crippen MR) is 102 cm³/mol. The highest BCUT2D eigenvalue weighted by molar-refractivity contribution is 5.96.